The number of nitrogens with one attached hydrogen (secondary N) is 1. The first-order chi connectivity index (χ1) is 11.5. The van der Waals surface area contributed by atoms with Gasteiger partial charge in [-0.15, -0.1) is 11.3 Å². The second-order valence-electron chi connectivity index (χ2n) is 6.64. The van der Waals surface area contributed by atoms with Crippen molar-refractivity contribution in [2.75, 3.05) is 0 Å². The summed E-state index contributed by atoms with van der Waals surface area (Å²) in [7, 11) is 0. The molecule has 1 atom stereocenters. The van der Waals surface area contributed by atoms with E-state index in [1.54, 1.807) is 23.1 Å². The molecule has 130 valence electrons. The third kappa shape index (κ3) is 3.75. The molecule has 4 nitrogen and oxygen atoms in total. The van der Waals surface area contributed by atoms with Gasteiger partial charge in [0.2, 0.25) is 5.91 Å². The first-order valence-electron chi connectivity index (χ1n) is 8.67. The highest BCUT2D eigenvalue weighted by Crippen LogP contribution is 2.36. The molecule has 1 unspecified atom stereocenters. The monoisotopic (exact) mass is 363 g/mol. The van der Waals surface area contributed by atoms with Crippen LogP contribution in [0.25, 0.3) is 10.2 Å². The van der Waals surface area contributed by atoms with Gasteiger partial charge in [-0.2, -0.15) is 0 Å². The van der Waals surface area contributed by atoms with E-state index in [0.717, 1.165) is 33.9 Å². The average molecular weight is 364 g/mol. The molecule has 1 aliphatic carbocycles. The molecule has 0 aliphatic heterocycles. The van der Waals surface area contributed by atoms with Crippen LogP contribution in [0.4, 0.5) is 0 Å². The van der Waals surface area contributed by atoms with Crippen molar-refractivity contribution in [2.45, 2.75) is 76.1 Å². The van der Waals surface area contributed by atoms with Gasteiger partial charge in [-0.25, -0.2) is 9.97 Å². The number of hydrogen-bond acceptors (Lipinski definition) is 5. The van der Waals surface area contributed by atoms with Gasteiger partial charge in [0, 0.05) is 16.3 Å². The summed E-state index contributed by atoms with van der Waals surface area (Å²) >= 11 is 3.26. The number of amides is 1. The summed E-state index contributed by atoms with van der Waals surface area (Å²) in [6.07, 6.45) is 5.98. The van der Waals surface area contributed by atoms with Crippen LogP contribution in [0, 0.1) is 20.8 Å². The van der Waals surface area contributed by atoms with E-state index in [2.05, 4.69) is 29.1 Å². The number of aryl methyl sites for hydroxylation is 3. The van der Waals surface area contributed by atoms with Crippen LogP contribution in [0.15, 0.2) is 5.03 Å². The van der Waals surface area contributed by atoms with E-state index >= 15 is 0 Å². The summed E-state index contributed by atoms with van der Waals surface area (Å²) in [5.74, 6) is 0.895. The number of fused-ring (bicyclic) bond motifs is 1. The first-order valence-corrected chi connectivity index (χ1v) is 10.4. The second-order valence-corrected chi connectivity index (χ2v) is 9.18. The molecule has 1 saturated carbocycles. The summed E-state index contributed by atoms with van der Waals surface area (Å²) in [6.45, 7) is 8.12. The van der Waals surface area contributed by atoms with Crippen LogP contribution in [0.5, 0.6) is 0 Å². The Bertz CT molecular complexity index is 750. The molecule has 6 heteroatoms. The maximum Gasteiger partial charge on any atom is 0.233 e. The molecule has 1 amide bonds. The van der Waals surface area contributed by atoms with Gasteiger partial charge < -0.3 is 5.32 Å². The highest BCUT2D eigenvalue weighted by atomic mass is 32.2. The maximum absolute atomic E-state index is 12.6. The number of thioether (sulfide) groups is 1. The lowest BCUT2D eigenvalue weighted by Crippen LogP contribution is -2.40. The average Bonchev–Trinajstić information content (AvgIpc) is 2.82. The van der Waals surface area contributed by atoms with Gasteiger partial charge in [-0.3, -0.25) is 4.79 Å². The van der Waals surface area contributed by atoms with E-state index < -0.39 is 0 Å². The van der Waals surface area contributed by atoms with E-state index in [1.807, 2.05) is 13.8 Å². The Kier molecular flexibility index (Phi) is 5.45. The minimum Gasteiger partial charge on any atom is -0.352 e. The van der Waals surface area contributed by atoms with Crippen molar-refractivity contribution in [1.82, 2.24) is 15.3 Å². The lowest BCUT2D eigenvalue weighted by molar-refractivity contribution is -0.121. The van der Waals surface area contributed by atoms with Gasteiger partial charge >= 0.3 is 0 Å². The summed E-state index contributed by atoms with van der Waals surface area (Å²) in [4.78, 5) is 24.0. The summed E-state index contributed by atoms with van der Waals surface area (Å²) < 4.78 is 0. The van der Waals surface area contributed by atoms with Crippen LogP contribution in [0.3, 0.4) is 0 Å². The normalized spacial score (nSPS) is 17.2. The van der Waals surface area contributed by atoms with Gasteiger partial charge in [0.15, 0.2) is 0 Å². The Balaban J connectivity index is 1.77. The summed E-state index contributed by atoms with van der Waals surface area (Å²) in [5.41, 5.74) is 1.23. The minimum atomic E-state index is -0.149. The number of carbonyl (C=O) groups excluding carboxylic acids is 1. The molecule has 1 N–H and O–H groups in total. The smallest absolute Gasteiger partial charge is 0.233 e. The first kappa shape index (κ1) is 17.7. The lowest BCUT2D eigenvalue weighted by Gasteiger charge is -2.24. The molecule has 0 saturated heterocycles. The van der Waals surface area contributed by atoms with Crippen molar-refractivity contribution < 1.29 is 4.79 Å². The van der Waals surface area contributed by atoms with E-state index in [0.29, 0.717) is 6.04 Å². The zero-order valence-corrected chi connectivity index (χ0v) is 16.4. The molecule has 24 heavy (non-hydrogen) atoms. The topological polar surface area (TPSA) is 54.9 Å². The number of aromatic nitrogens is 2. The molecule has 1 fully saturated rings. The Hall–Kier alpha value is -1.14. The fourth-order valence-corrected chi connectivity index (χ4v) is 5.39. The van der Waals surface area contributed by atoms with Crippen LogP contribution < -0.4 is 5.32 Å². The SMILES string of the molecule is Cc1nc(SC(C)C(=O)NC2CCCCC2)c2c(C)c(C)sc2n1. The molecule has 2 heterocycles. The van der Waals surface area contributed by atoms with Gasteiger partial charge in [0.05, 0.1) is 5.25 Å². The van der Waals surface area contributed by atoms with Crippen molar-refractivity contribution in [1.29, 1.82) is 0 Å². The molecule has 2 aromatic rings. The fraction of sp³-hybridized carbons (Fsp3) is 0.611. The molecular formula is C18H25N3OS2. The van der Waals surface area contributed by atoms with Crippen LogP contribution in [0.1, 0.15) is 55.3 Å². The molecular weight excluding hydrogens is 338 g/mol. The van der Waals surface area contributed by atoms with Gasteiger partial charge in [0.1, 0.15) is 15.7 Å². The number of rotatable bonds is 4. The predicted octanol–water partition coefficient (Wildman–Crippen LogP) is 4.55. The van der Waals surface area contributed by atoms with E-state index in [9.17, 15) is 4.79 Å². The standard InChI is InChI=1S/C18H25N3OS2/c1-10-11(2)23-17-15(10)18(20-13(4)19-17)24-12(3)16(22)21-14-8-6-5-7-9-14/h12,14H,5-9H2,1-4H3,(H,21,22). The third-order valence-corrected chi connectivity index (χ3v) is 6.90. The van der Waals surface area contributed by atoms with E-state index in [4.69, 9.17) is 0 Å². The lowest BCUT2D eigenvalue weighted by atomic mass is 9.95. The quantitative estimate of drug-likeness (QED) is 0.640. The fourth-order valence-electron chi connectivity index (χ4n) is 3.19. The summed E-state index contributed by atoms with van der Waals surface area (Å²) in [5, 5.41) is 5.12. The molecule has 0 aromatic carbocycles. The maximum atomic E-state index is 12.6. The largest absolute Gasteiger partial charge is 0.352 e. The number of carbonyl (C=O) groups is 1. The highest BCUT2D eigenvalue weighted by molar-refractivity contribution is 8.00. The van der Waals surface area contributed by atoms with Crippen molar-refractivity contribution in [3.8, 4) is 0 Å². The van der Waals surface area contributed by atoms with Crippen LogP contribution >= 0.6 is 23.1 Å². The molecule has 2 aromatic heterocycles. The second kappa shape index (κ2) is 7.40. The zero-order valence-electron chi connectivity index (χ0n) is 14.8. The van der Waals surface area contributed by atoms with Gasteiger partial charge in [-0.1, -0.05) is 31.0 Å². The number of hydrogen-bond donors (Lipinski definition) is 1. The Labute approximate surface area is 151 Å². The molecule has 0 radical (unpaired) electrons. The van der Waals surface area contributed by atoms with Crippen LogP contribution in [-0.2, 0) is 4.79 Å². The minimum absolute atomic E-state index is 0.126. The van der Waals surface area contributed by atoms with Gasteiger partial charge in [-0.05, 0) is 46.1 Å². The predicted molar refractivity (Wildman–Crippen MR) is 102 cm³/mol. The zero-order chi connectivity index (χ0) is 17.3. The number of nitrogens with zero attached hydrogens (tertiary/aromatic N) is 2. The van der Waals surface area contributed by atoms with Crippen molar-refractivity contribution in [3.63, 3.8) is 0 Å². The molecule has 0 spiro atoms. The molecule has 3 rings (SSSR count). The van der Waals surface area contributed by atoms with Crippen molar-refractivity contribution in [2.24, 2.45) is 0 Å². The van der Waals surface area contributed by atoms with Crippen molar-refractivity contribution >= 4 is 39.2 Å². The number of thiophene rings is 1. The molecule has 0 bridgehead atoms. The van der Waals surface area contributed by atoms with Crippen LogP contribution in [0.2, 0.25) is 0 Å². The summed E-state index contributed by atoms with van der Waals surface area (Å²) in [6, 6.07) is 0.353. The van der Waals surface area contributed by atoms with Crippen LogP contribution in [-0.4, -0.2) is 27.2 Å². The Morgan fingerprint density at radius 3 is 2.62 bits per heavy atom. The van der Waals surface area contributed by atoms with Crippen molar-refractivity contribution in [3.05, 3.63) is 16.3 Å². The van der Waals surface area contributed by atoms with E-state index in [-0.39, 0.29) is 11.2 Å². The Morgan fingerprint density at radius 2 is 1.92 bits per heavy atom. The highest BCUT2D eigenvalue weighted by Gasteiger charge is 2.23. The molecule has 1 aliphatic rings. The Morgan fingerprint density at radius 1 is 1.21 bits per heavy atom. The van der Waals surface area contributed by atoms with E-state index in [1.165, 1.54) is 29.7 Å². The van der Waals surface area contributed by atoms with Gasteiger partial charge in [0.25, 0.3) is 0 Å². The third-order valence-electron chi connectivity index (χ3n) is 4.72.